The quantitative estimate of drug-likeness (QED) is 0.0643. The molecule has 5 fully saturated rings. The Morgan fingerprint density at radius 1 is 0.646 bits per heavy atom. The van der Waals surface area contributed by atoms with Crippen LogP contribution in [0.15, 0.2) is 0 Å². The van der Waals surface area contributed by atoms with E-state index in [2.05, 4.69) is 5.32 Å². The SMILES string of the molecule is CC(=O)N[C@H]1[C@H]([C@H](O)[C@H](O)CO)O[C@@](O[C@H]2[C@@H](O)[C@@H](CO)O[C@@H](O[C@@H]3[C@@H](N)[C@H](O[C@@H]4[C@H](O)[C@@H](O)[C@H](O[C@H]5[C@H](O)[C@@H](O)C(O)O[C@@H]5CO)O[C@@H]4CO)O[C@H](CO)[C@@H]3O)[C@@H]2O)(C(=O)O)C[C@@H]1O. The van der Waals surface area contributed by atoms with E-state index in [0.29, 0.717) is 0 Å². The fraction of sp³-hybridized carbons (Fsp3) is 0.943. The smallest absolute Gasteiger partial charge is 0.364 e. The van der Waals surface area contributed by atoms with Crippen LogP contribution in [0.5, 0.6) is 0 Å². The van der Waals surface area contributed by atoms with Crippen LogP contribution in [-0.2, 0) is 52.2 Å². The number of carboxylic acids is 1. The summed E-state index contributed by atoms with van der Waals surface area (Å²) in [6.45, 7) is -4.03. The van der Waals surface area contributed by atoms with E-state index in [9.17, 15) is 96.4 Å². The highest BCUT2D eigenvalue weighted by atomic mass is 16.8. The van der Waals surface area contributed by atoms with Gasteiger partial charge in [0.25, 0.3) is 5.79 Å². The number of amides is 1. The lowest BCUT2D eigenvalue weighted by Crippen LogP contribution is -2.71. The van der Waals surface area contributed by atoms with Gasteiger partial charge < -0.3 is 140 Å². The number of hydrogen-bond acceptors (Lipinski definition) is 28. The van der Waals surface area contributed by atoms with Crippen molar-refractivity contribution in [2.45, 2.75) is 172 Å². The molecule has 5 heterocycles. The Morgan fingerprint density at radius 3 is 1.66 bits per heavy atom. The minimum absolute atomic E-state index is 0.801. The van der Waals surface area contributed by atoms with Crippen molar-refractivity contribution in [1.29, 1.82) is 0 Å². The van der Waals surface area contributed by atoms with Gasteiger partial charge in [0.1, 0.15) is 110 Å². The predicted molar refractivity (Wildman–Crippen MR) is 197 cm³/mol. The van der Waals surface area contributed by atoms with E-state index in [-0.39, 0.29) is 0 Å². The molecule has 0 aromatic rings. The number of rotatable bonds is 17. The molecule has 30 heteroatoms. The molecule has 20 N–H and O–H groups in total. The summed E-state index contributed by atoms with van der Waals surface area (Å²) in [5.74, 6) is -5.99. The summed E-state index contributed by atoms with van der Waals surface area (Å²) >= 11 is 0. The van der Waals surface area contributed by atoms with Crippen LogP contribution in [0, 0.1) is 0 Å². The maximum atomic E-state index is 12.9. The molecule has 1 unspecified atom stereocenters. The van der Waals surface area contributed by atoms with Crippen LogP contribution in [0.1, 0.15) is 13.3 Å². The average Bonchev–Trinajstić information content (AvgIpc) is 3.27. The number of nitrogens with two attached hydrogens (primary N) is 1. The monoisotopic (exact) mass is 956 g/mol. The third kappa shape index (κ3) is 11.2. The van der Waals surface area contributed by atoms with Crippen molar-refractivity contribution in [1.82, 2.24) is 5.32 Å². The maximum absolute atomic E-state index is 12.9. The molecule has 5 saturated heterocycles. The third-order valence-electron chi connectivity index (χ3n) is 11.8. The second-order valence-corrected chi connectivity index (χ2v) is 16.2. The van der Waals surface area contributed by atoms with Gasteiger partial charge in [0.15, 0.2) is 25.2 Å². The molecule has 0 radical (unpaired) electrons. The Labute approximate surface area is 367 Å². The highest BCUT2D eigenvalue weighted by molar-refractivity contribution is 5.76. The lowest BCUT2D eigenvalue weighted by atomic mass is 9.88. The number of aliphatic hydroxyl groups is 16. The molecule has 1 amide bonds. The van der Waals surface area contributed by atoms with Crippen LogP contribution in [0.25, 0.3) is 0 Å². The third-order valence-corrected chi connectivity index (χ3v) is 11.8. The Balaban J connectivity index is 1.36. The van der Waals surface area contributed by atoms with Crippen molar-refractivity contribution in [2.24, 2.45) is 5.73 Å². The van der Waals surface area contributed by atoms with Gasteiger partial charge in [0.2, 0.25) is 5.91 Å². The zero-order chi connectivity index (χ0) is 48.4. The number of carboxylic acid groups (broad SMARTS) is 1. The van der Waals surface area contributed by atoms with E-state index in [4.69, 9.17) is 48.4 Å². The first-order valence-corrected chi connectivity index (χ1v) is 20.3. The van der Waals surface area contributed by atoms with E-state index in [1.165, 1.54) is 0 Å². The van der Waals surface area contributed by atoms with Gasteiger partial charge in [-0.15, -0.1) is 0 Å². The van der Waals surface area contributed by atoms with Gasteiger partial charge in [0, 0.05) is 13.3 Å². The standard InChI is InChI=1S/C35H60N2O28/c1-8(43)37-16-9(44)2-35(34(55)56,64-28(16)17(46)10(45)3-38)65-29-19(48)12(5-40)59-33(24(29)53)63-27-15(36)31(58-11(4-39)18(27)47)61-26-14(7-42)60-32(23(52)21(26)50)62-25-13(6-41)57-30(54)22(51)20(25)49/h9-33,38-42,44-54H,2-7,36H2,1H3,(H,37,43)(H,55,56)/t9-,10+,11+,12+,13+,14+,15+,16+,17+,18-,19-,20+,21+,22+,23+,24+,25+,26-,27+,28+,29-,30?,31-,32-,33-,35-/m0/s1. The summed E-state index contributed by atoms with van der Waals surface area (Å²) < 4.78 is 50.2. The zero-order valence-electron chi connectivity index (χ0n) is 34.3. The maximum Gasteiger partial charge on any atom is 0.364 e. The van der Waals surface area contributed by atoms with Gasteiger partial charge in [-0.25, -0.2) is 4.79 Å². The van der Waals surface area contributed by atoms with E-state index >= 15 is 0 Å². The molecular weight excluding hydrogens is 896 g/mol. The van der Waals surface area contributed by atoms with Crippen molar-refractivity contribution < 1.29 is 139 Å². The van der Waals surface area contributed by atoms with E-state index in [1.807, 2.05) is 0 Å². The van der Waals surface area contributed by atoms with Crippen LogP contribution in [-0.4, -0.2) is 291 Å². The number of nitrogens with one attached hydrogen (secondary N) is 1. The Hall–Kier alpha value is -2.10. The second-order valence-electron chi connectivity index (χ2n) is 16.2. The minimum atomic E-state index is -3.14. The van der Waals surface area contributed by atoms with E-state index in [0.717, 1.165) is 6.92 Å². The van der Waals surface area contributed by atoms with Gasteiger partial charge in [-0.05, 0) is 0 Å². The van der Waals surface area contributed by atoms with Crippen LogP contribution in [0.2, 0.25) is 0 Å². The number of carbonyl (C=O) groups excluding carboxylic acids is 1. The fourth-order valence-electron chi connectivity index (χ4n) is 8.19. The van der Waals surface area contributed by atoms with E-state index in [1.54, 1.807) is 0 Å². The molecular formula is C35H60N2O28. The van der Waals surface area contributed by atoms with Crippen molar-refractivity contribution in [3.05, 3.63) is 0 Å². The number of aliphatic carboxylic acids is 1. The van der Waals surface area contributed by atoms with Gasteiger partial charge in [-0.1, -0.05) is 0 Å². The molecule has 5 aliphatic heterocycles. The van der Waals surface area contributed by atoms with E-state index < -0.39 is 210 Å². The first-order valence-electron chi connectivity index (χ1n) is 20.3. The highest BCUT2D eigenvalue weighted by Crippen LogP contribution is 2.39. The van der Waals surface area contributed by atoms with Gasteiger partial charge in [-0.3, -0.25) is 4.79 Å². The van der Waals surface area contributed by atoms with Crippen molar-refractivity contribution in [3.63, 3.8) is 0 Å². The molecule has 30 nitrogen and oxygen atoms in total. The van der Waals surface area contributed by atoms with Crippen molar-refractivity contribution >= 4 is 11.9 Å². The van der Waals surface area contributed by atoms with Crippen molar-refractivity contribution in [3.8, 4) is 0 Å². The molecule has 0 aromatic carbocycles. The Kier molecular flexibility index (Phi) is 18.7. The summed E-state index contributed by atoms with van der Waals surface area (Å²) in [5, 5.41) is 181. The van der Waals surface area contributed by atoms with Crippen LogP contribution in [0.3, 0.4) is 0 Å². The molecule has 0 bridgehead atoms. The molecule has 5 rings (SSSR count). The molecule has 0 spiro atoms. The highest BCUT2D eigenvalue weighted by Gasteiger charge is 2.61. The Bertz CT molecular complexity index is 1540. The topological polar surface area (TPSA) is 499 Å². The number of aliphatic hydroxyl groups excluding tert-OH is 16. The summed E-state index contributed by atoms with van der Waals surface area (Å²) in [7, 11) is 0. The summed E-state index contributed by atoms with van der Waals surface area (Å²) in [6, 6.07) is -3.39. The number of carbonyl (C=O) groups is 2. The predicted octanol–water partition coefficient (Wildman–Crippen LogP) is -12.6. The summed E-state index contributed by atoms with van der Waals surface area (Å²) in [6.07, 6.45) is -45.9. The average molecular weight is 957 g/mol. The summed E-state index contributed by atoms with van der Waals surface area (Å²) in [5.41, 5.74) is 6.40. The van der Waals surface area contributed by atoms with Crippen LogP contribution >= 0.6 is 0 Å². The second kappa shape index (κ2) is 22.5. The van der Waals surface area contributed by atoms with Gasteiger partial charge in [0.05, 0.1) is 51.2 Å². The first kappa shape index (κ1) is 53.8. The van der Waals surface area contributed by atoms with Crippen molar-refractivity contribution in [2.75, 3.05) is 33.0 Å². The van der Waals surface area contributed by atoms with Crippen LogP contribution in [0.4, 0.5) is 0 Å². The molecule has 0 aromatic heterocycles. The largest absolute Gasteiger partial charge is 0.477 e. The Morgan fingerprint density at radius 2 is 1.12 bits per heavy atom. The minimum Gasteiger partial charge on any atom is -0.477 e. The number of ether oxygens (including phenoxy) is 9. The van der Waals surface area contributed by atoms with Crippen LogP contribution < -0.4 is 11.1 Å². The molecule has 65 heavy (non-hydrogen) atoms. The lowest BCUT2D eigenvalue weighted by Gasteiger charge is -2.51. The molecule has 26 atom stereocenters. The number of hydrogen-bond donors (Lipinski definition) is 19. The van der Waals surface area contributed by atoms with Gasteiger partial charge >= 0.3 is 5.97 Å². The lowest BCUT2D eigenvalue weighted by molar-refractivity contribution is -0.387. The fourth-order valence-corrected chi connectivity index (χ4v) is 8.19. The molecule has 5 aliphatic rings. The normalized spacial score (nSPS) is 48.3. The first-order chi connectivity index (χ1) is 30.6. The summed E-state index contributed by atoms with van der Waals surface area (Å²) in [4.78, 5) is 24.8. The van der Waals surface area contributed by atoms with Gasteiger partial charge in [-0.2, -0.15) is 0 Å². The molecule has 378 valence electrons. The zero-order valence-corrected chi connectivity index (χ0v) is 34.3. The molecule has 0 aliphatic carbocycles. The molecule has 0 saturated carbocycles.